The summed E-state index contributed by atoms with van der Waals surface area (Å²) in [5.74, 6) is -6.67. The lowest BCUT2D eigenvalue weighted by atomic mass is 10.0. The fraction of sp³-hybridized carbons (Fsp3) is 0.528. The van der Waals surface area contributed by atoms with Gasteiger partial charge in [-0.3, -0.25) is 33.8 Å². The van der Waals surface area contributed by atoms with E-state index in [0.717, 1.165) is 0 Å². The van der Waals surface area contributed by atoms with Crippen molar-refractivity contribution in [3.8, 4) is 0 Å². The minimum atomic E-state index is -1.49. The number of aromatic amines is 1. The fourth-order valence-electron chi connectivity index (χ4n) is 5.49. The molecule has 2 rings (SSSR count). The Bertz CT molecular complexity index is 1700. The smallest absolute Gasteiger partial charge is 0.326 e. The first-order valence-corrected chi connectivity index (χ1v) is 19.5. The van der Waals surface area contributed by atoms with E-state index < -0.39 is 90.3 Å². The number of aliphatic imine (C=N–C) groups is 1. The van der Waals surface area contributed by atoms with Gasteiger partial charge in [0.25, 0.3) is 0 Å². The van der Waals surface area contributed by atoms with Crippen LogP contribution in [0.5, 0.6) is 0 Å². The maximum absolute atomic E-state index is 13.7. The summed E-state index contributed by atoms with van der Waals surface area (Å²) in [4.78, 5) is 102. The van der Waals surface area contributed by atoms with Crippen LogP contribution in [0.25, 0.3) is 0 Å². The molecule has 7 atom stereocenters. The first-order chi connectivity index (χ1) is 28.1. The van der Waals surface area contributed by atoms with Crippen LogP contribution in [0.1, 0.15) is 50.3 Å². The lowest BCUT2D eigenvalue weighted by Gasteiger charge is -2.27. The number of aliphatic carboxylic acids is 1. The maximum atomic E-state index is 13.7. The van der Waals surface area contributed by atoms with Crippen LogP contribution in [0.15, 0.2) is 47.8 Å². The molecule has 0 bridgehead atoms. The highest BCUT2D eigenvalue weighted by Crippen LogP contribution is 2.08. The molecule has 2 aromatic rings. The summed E-state index contributed by atoms with van der Waals surface area (Å²) in [6.45, 7) is 1.13. The number of carbonyl (C=O) groups excluding carboxylic acids is 6. The molecule has 23 heteroatoms. The summed E-state index contributed by atoms with van der Waals surface area (Å²) in [6, 6.07) is 0.856. The largest absolute Gasteiger partial charge is 0.480 e. The number of nitrogens with two attached hydrogens (primary N) is 4. The van der Waals surface area contributed by atoms with E-state index in [4.69, 9.17) is 22.9 Å². The second-order valence-electron chi connectivity index (χ2n) is 13.6. The van der Waals surface area contributed by atoms with Crippen LogP contribution in [0.3, 0.4) is 0 Å². The zero-order valence-electron chi connectivity index (χ0n) is 32.8. The van der Waals surface area contributed by atoms with E-state index in [9.17, 15) is 43.8 Å². The van der Waals surface area contributed by atoms with Gasteiger partial charge in [0.1, 0.15) is 30.2 Å². The Balaban J connectivity index is 2.14. The lowest BCUT2D eigenvalue weighted by Crippen LogP contribution is -2.61. The highest BCUT2D eigenvalue weighted by atomic mass is 32.1. The molecule has 0 aliphatic rings. The average molecular weight is 848 g/mol. The second kappa shape index (κ2) is 26.3. The van der Waals surface area contributed by atoms with Gasteiger partial charge in [0.05, 0.1) is 25.0 Å². The molecule has 0 spiro atoms. The molecule has 326 valence electrons. The number of aromatic nitrogens is 2. The molecule has 0 saturated heterocycles. The molecule has 0 aliphatic carbocycles. The van der Waals surface area contributed by atoms with Gasteiger partial charge in [-0.05, 0) is 44.7 Å². The van der Waals surface area contributed by atoms with Crippen molar-refractivity contribution in [1.82, 2.24) is 41.9 Å². The number of hydrogen-bond donors (Lipinski definition) is 14. The number of rotatable bonds is 27. The predicted octanol–water partition coefficient (Wildman–Crippen LogP) is -4.36. The number of hydrogen-bond acceptors (Lipinski definition) is 13. The summed E-state index contributed by atoms with van der Waals surface area (Å²) >= 11 is 4.18. The number of H-pyrrole nitrogens is 1. The molecular formula is C36H57N13O9S. The first kappa shape index (κ1) is 49.4. The maximum Gasteiger partial charge on any atom is 0.326 e. The number of aliphatic hydroxyl groups excluding tert-OH is 1. The van der Waals surface area contributed by atoms with Crippen LogP contribution >= 0.6 is 12.6 Å². The Kier molecular flexibility index (Phi) is 22.0. The van der Waals surface area contributed by atoms with Crippen molar-refractivity contribution in [2.24, 2.45) is 27.9 Å². The van der Waals surface area contributed by atoms with Crippen LogP contribution < -0.4 is 54.8 Å². The number of thiol groups is 1. The Morgan fingerprint density at radius 1 is 0.814 bits per heavy atom. The van der Waals surface area contributed by atoms with Crippen LogP contribution in [0.2, 0.25) is 0 Å². The number of nitrogens with one attached hydrogen (secondary N) is 7. The van der Waals surface area contributed by atoms with Gasteiger partial charge in [0.2, 0.25) is 35.4 Å². The quantitative estimate of drug-likeness (QED) is 0.0175. The number of nitrogens with zero attached hydrogens (tertiary/aromatic N) is 2. The molecule has 1 heterocycles. The van der Waals surface area contributed by atoms with Gasteiger partial charge in [-0.15, -0.1) is 0 Å². The van der Waals surface area contributed by atoms with Crippen molar-refractivity contribution in [2.45, 2.75) is 94.2 Å². The van der Waals surface area contributed by atoms with E-state index in [-0.39, 0.29) is 43.9 Å². The van der Waals surface area contributed by atoms with E-state index in [1.54, 1.807) is 30.3 Å². The van der Waals surface area contributed by atoms with Crippen molar-refractivity contribution < 1.29 is 43.8 Å². The van der Waals surface area contributed by atoms with Gasteiger partial charge < -0.3 is 70.0 Å². The van der Waals surface area contributed by atoms with Gasteiger partial charge in [0.15, 0.2) is 5.96 Å². The number of benzene rings is 1. The Hall–Kier alpha value is -5.78. The summed E-state index contributed by atoms with van der Waals surface area (Å²) < 4.78 is 0. The average Bonchev–Trinajstić information content (AvgIpc) is 3.71. The number of guanidine groups is 1. The molecule has 1 aromatic heterocycles. The van der Waals surface area contributed by atoms with Crippen LogP contribution in [0.4, 0.5) is 0 Å². The topological polar surface area (TPSA) is 377 Å². The highest BCUT2D eigenvalue weighted by Gasteiger charge is 2.33. The van der Waals surface area contributed by atoms with Crippen LogP contribution in [-0.2, 0) is 46.4 Å². The SMILES string of the molecule is C[C@@H](O)[C@H](NC(=O)[C@@H](N)CCCCN)C(=O)N[C@@H](Cc1ccccc1)C(=O)N[C@@H](CS)C(=O)NCC(=O)N[C@@H](CCCN=C(N)N)C(=O)N[C@@H](Cc1cnc[nH]1)C(=O)O. The Labute approximate surface area is 346 Å². The third kappa shape index (κ3) is 18.6. The Morgan fingerprint density at radius 3 is 2.07 bits per heavy atom. The standard InChI is InChI=1S/C36H57N13O9S/c1-20(50)29(49-30(52)23(38)10-5-6-12-37)34(56)46-25(14-21-8-3-2-4-9-21)33(55)48-27(18-59)31(53)43-17-28(51)45-24(11-7-13-42-36(39)40)32(54)47-26(35(57)58)15-22-16-41-19-44-22/h2-4,8-9,16,19-20,23-27,29,50,59H,5-7,10-15,17-18,37-38H2,1H3,(H,41,44)(H,43,53)(H,45,51)(H,46,56)(H,47,54)(H,48,55)(H,49,52)(H,57,58)(H4,39,40,42)/t20-,23+,24+,25+,26+,27+,29+/m1/s1. The summed E-state index contributed by atoms with van der Waals surface area (Å²) in [5.41, 5.74) is 23.3. The zero-order valence-corrected chi connectivity index (χ0v) is 33.7. The zero-order chi connectivity index (χ0) is 43.9. The number of carboxylic acids is 1. The minimum absolute atomic E-state index is 0.0102. The third-order valence-corrected chi connectivity index (χ3v) is 9.08. The highest BCUT2D eigenvalue weighted by molar-refractivity contribution is 7.80. The molecule has 22 nitrogen and oxygen atoms in total. The van der Waals surface area contributed by atoms with Crippen molar-refractivity contribution in [1.29, 1.82) is 0 Å². The molecule has 0 saturated carbocycles. The lowest BCUT2D eigenvalue weighted by molar-refractivity contribution is -0.142. The number of amides is 6. The summed E-state index contributed by atoms with van der Waals surface area (Å²) in [6.07, 6.45) is 2.89. The molecule has 0 unspecified atom stereocenters. The summed E-state index contributed by atoms with van der Waals surface area (Å²) in [5, 5.41) is 34.8. The van der Waals surface area contributed by atoms with E-state index in [2.05, 4.69) is 59.5 Å². The van der Waals surface area contributed by atoms with Gasteiger partial charge in [-0.25, -0.2) is 9.78 Å². The first-order valence-electron chi connectivity index (χ1n) is 18.9. The summed E-state index contributed by atoms with van der Waals surface area (Å²) in [7, 11) is 0. The second-order valence-corrected chi connectivity index (χ2v) is 13.9. The van der Waals surface area contributed by atoms with Gasteiger partial charge >= 0.3 is 5.97 Å². The van der Waals surface area contributed by atoms with E-state index in [1.165, 1.54) is 19.4 Å². The van der Waals surface area contributed by atoms with E-state index in [1.807, 2.05) is 0 Å². The molecule has 1 aromatic carbocycles. The van der Waals surface area contributed by atoms with E-state index in [0.29, 0.717) is 37.1 Å². The number of aliphatic hydroxyl groups is 1. The monoisotopic (exact) mass is 847 g/mol. The van der Waals surface area contributed by atoms with Crippen molar-refractivity contribution in [2.75, 3.05) is 25.4 Å². The van der Waals surface area contributed by atoms with Gasteiger partial charge in [-0.2, -0.15) is 12.6 Å². The van der Waals surface area contributed by atoms with E-state index >= 15 is 0 Å². The van der Waals surface area contributed by atoms with Crippen molar-refractivity contribution in [3.63, 3.8) is 0 Å². The van der Waals surface area contributed by atoms with Crippen molar-refractivity contribution >= 4 is 60.0 Å². The van der Waals surface area contributed by atoms with Crippen molar-refractivity contribution in [3.05, 3.63) is 54.1 Å². The minimum Gasteiger partial charge on any atom is -0.480 e. The molecule has 0 radical (unpaired) electrons. The molecular weight excluding hydrogens is 791 g/mol. The Morgan fingerprint density at radius 2 is 1.47 bits per heavy atom. The fourth-order valence-corrected chi connectivity index (χ4v) is 5.75. The normalized spacial score (nSPS) is 14.5. The van der Waals surface area contributed by atoms with Crippen LogP contribution in [0, 0.1) is 0 Å². The van der Waals surface area contributed by atoms with Gasteiger partial charge in [0, 0.05) is 37.0 Å². The molecule has 17 N–H and O–H groups in total. The predicted molar refractivity (Wildman–Crippen MR) is 219 cm³/mol. The third-order valence-electron chi connectivity index (χ3n) is 8.71. The molecule has 0 fully saturated rings. The number of unbranched alkanes of at least 4 members (excludes halogenated alkanes) is 1. The number of carboxylic acid groups (broad SMARTS) is 1. The van der Waals surface area contributed by atoms with Crippen LogP contribution in [-0.4, -0.2) is 135 Å². The number of imidazole rings is 1. The molecule has 0 aliphatic heterocycles. The molecule has 6 amide bonds. The molecule has 59 heavy (non-hydrogen) atoms. The number of carbonyl (C=O) groups is 7. The van der Waals surface area contributed by atoms with Gasteiger partial charge in [-0.1, -0.05) is 36.8 Å².